The molecule has 1 amide bonds. The highest BCUT2D eigenvalue weighted by molar-refractivity contribution is 9.09. The van der Waals surface area contributed by atoms with Crippen LogP contribution in [0, 0.1) is 5.92 Å². The number of carbonyl (C=O) groups excluding carboxylic acids is 2. The Balaban J connectivity index is 1.85. The number of methoxy groups -OCH3 is 1. The lowest BCUT2D eigenvalue weighted by Gasteiger charge is -2.24. The van der Waals surface area contributed by atoms with E-state index in [2.05, 4.69) is 26.0 Å². The second kappa shape index (κ2) is 18.0. The summed E-state index contributed by atoms with van der Waals surface area (Å²) >= 11 is 3.40. The zero-order valence-electron chi connectivity index (χ0n) is 20.7. The minimum atomic E-state index is -0.485. The van der Waals surface area contributed by atoms with Crippen LogP contribution in [0.25, 0.3) is 10.4 Å². The summed E-state index contributed by atoms with van der Waals surface area (Å²) in [6, 6.07) is 5.87. The largest absolute Gasteiger partial charge is 0.494 e. The third kappa shape index (κ3) is 11.1. The zero-order chi connectivity index (χ0) is 26.0. The summed E-state index contributed by atoms with van der Waals surface area (Å²) in [5.74, 6) is -0.206. The van der Waals surface area contributed by atoms with E-state index < -0.39 is 11.9 Å². The maximum atomic E-state index is 13.3. The molecule has 0 N–H and O–H groups in total. The van der Waals surface area contributed by atoms with Gasteiger partial charge in [-0.1, -0.05) is 27.1 Å². The smallest absolute Gasteiger partial charge is 0.306 e. The molecule has 200 valence electrons. The van der Waals surface area contributed by atoms with Gasteiger partial charge < -0.3 is 28.6 Å². The van der Waals surface area contributed by atoms with Crippen LogP contribution in [0.3, 0.4) is 0 Å². The van der Waals surface area contributed by atoms with Crippen molar-refractivity contribution in [2.24, 2.45) is 11.0 Å². The molecule has 1 aliphatic rings. The van der Waals surface area contributed by atoms with Gasteiger partial charge in [-0.05, 0) is 41.6 Å². The third-order valence-electron chi connectivity index (χ3n) is 5.50. The van der Waals surface area contributed by atoms with Gasteiger partial charge in [0.15, 0.2) is 0 Å². The molecule has 1 aromatic rings. The highest BCUT2D eigenvalue weighted by Crippen LogP contribution is 2.28. The van der Waals surface area contributed by atoms with Crippen molar-refractivity contribution in [3.8, 4) is 5.75 Å². The molecule has 0 aromatic heterocycles. The fraction of sp³-hybridized carbons (Fsp3) is 0.667. The Kier molecular flexibility index (Phi) is 14.9. The van der Waals surface area contributed by atoms with Gasteiger partial charge in [0, 0.05) is 29.9 Å². The van der Waals surface area contributed by atoms with E-state index >= 15 is 0 Å². The molecular formula is C24H35BrN4O7. The summed E-state index contributed by atoms with van der Waals surface area (Å²) in [6.07, 6.45) is 1.41. The van der Waals surface area contributed by atoms with Gasteiger partial charge in [-0.2, -0.15) is 0 Å². The second-order valence-electron chi connectivity index (χ2n) is 8.05. The van der Waals surface area contributed by atoms with Gasteiger partial charge in [-0.25, -0.2) is 0 Å². The van der Waals surface area contributed by atoms with Gasteiger partial charge in [0.1, 0.15) is 5.75 Å². The first-order chi connectivity index (χ1) is 17.6. The van der Waals surface area contributed by atoms with Crippen LogP contribution in [0.5, 0.6) is 5.75 Å². The third-order valence-corrected chi connectivity index (χ3v) is 6.06. The van der Waals surface area contributed by atoms with Crippen LogP contribution in [0.15, 0.2) is 23.3 Å². The van der Waals surface area contributed by atoms with Gasteiger partial charge in [0.25, 0.3) is 0 Å². The van der Waals surface area contributed by atoms with Gasteiger partial charge in [0.2, 0.25) is 5.91 Å². The lowest BCUT2D eigenvalue weighted by atomic mass is 9.94. The number of amides is 1. The Morgan fingerprint density at radius 2 is 1.83 bits per heavy atom. The summed E-state index contributed by atoms with van der Waals surface area (Å²) in [5, 5.41) is 4.25. The fourth-order valence-electron chi connectivity index (χ4n) is 3.68. The van der Waals surface area contributed by atoms with E-state index in [0.717, 1.165) is 28.6 Å². The highest BCUT2D eigenvalue weighted by Gasteiger charge is 2.31. The lowest BCUT2D eigenvalue weighted by Crippen LogP contribution is -2.38. The Bertz CT molecular complexity index is 867. The number of rotatable bonds is 18. The maximum absolute atomic E-state index is 13.3. The number of nitrogens with zero attached hydrogens (tertiary/aromatic N) is 4. The average Bonchev–Trinajstić information content (AvgIpc) is 3.00. The van der Waals surface area contributed by atoms with Crippen molar-refractivity contribution >= 4 is 27.8 Å². The predicted molar refractivity (Wildman–Crippen MR) is 136 cm³/mol. The number of benzene rings is 1. The molecule has 1 atom stereocenters. The van der Waals surface area contributed by atoms with Gasteiger partial charge in [-0.3, -0.25) is 9.59 Å². The number of halogens is 1. The zero-order valence-corrected chi connectivity index (χ0v) is 22.3. The summed E-state index contributed by atoms with van der Waals surface area (Å²) in [4.78, 5) is 29.6. The normalized spacial score (nSPS) is 15.1. The number of alkyl halides is 1. The quantitative estimate of drug-likeness (QED) is 0.0660. The molecule has 1 heterocycles. The number of hydrogen-bond acceptors (Lipinski definition) is 8. The minimum absolute atomic E-state index is 0.0361. The molecule has 0 spiro atoms. The van der Waals surface area contributed by atoms with E-state index in [1.165, 1.54) is 7.11 Å². The molecule has 0 radical (unpaired) electrons. The van der Waals surface area contributed by atoms with E-state index in [1.807, 2.05) is 18.2 Å². The van der Waals surface area contributed by atoms with Gasteiger partial charge in [-0.15, -0.1) is 0 Å². The first-order valence-corrected chi connectivity index (χ1v) is 13.1. The molecule has 11 nitrogen and oxygen atoms in total. The van der Waals surface area contributed by atoms with Crippen LogP contribution in [-0.2, 0) is 41.5 Å². The fourth-order valence-corrected chi connectivity index (χ4v) is 3.91. The number of hydrogen-bond donors (Lipinski definition) is 0. The van der Waals surface area contributed by atoms with E-state index in [4.69, 9.17) is 29.2 Å². The molecule has 0 saturated carbocycles. The number of carbonyl (C=O) groups is 2. The molecule has 36 heavy (non-hydrogen) atoms. The van der Waals surface area contributed by atoms with Crippen LogP contribution in [0.2, 0.25) is 0 Å². The van der Waals surface area contributed by atoms with Crippen LogP contribution >= 0.6 is 15.9 Å². The molecule has 1 aromatic carbocycles. The summed E-state index contributed by atoms with van der Waals surface area (Å²) in [7, 11) is 1.33. The first kappa shape index (κ1) is 29.9. The molecule has 2 rings (SSSR count). The predicted octanol–water partition coefficient (Wildman–Crippen LogP) is 3.27. The van der Waals surface area contributed by atoms with Crippen LogP contribution in [0.4, 0.5) is 0 Å². The Morgan fingerprint density at radius 1 is 1.11 bits per heavy atom. The summed E-state index contributed by atoms with van der Waals surface area (Å²) in [6.45, 7) is 4.04. The lowest BCUT2D eigenvalue weighted by molar-refractivity contribution is -0.147. The molecule has 12 heteroatoms. The first-order valence-electron chi connectivity index (χ1n) is 12.0. The molecular weight excluding hydrogens is 536 g/mol. The van der Waals surface area contributed by atoms with Crippen molar-refractivity contribution < 1.29 is 33.3 Å². The monoisotopic (exact) mass is 570 g/mol. The highest BCUT2D eigenvalue weighted by atomic mass is 79.9. The van der Waals surface area contributed by atoms with Crippen molar-refractivity contribution in [2.75, 3.05) is 71.8 Å². The van der Waals surface area contributed by atoms with Crippen molar-refractivity contribution in [3.05, 3.63) is 39.8 Å². The molecule has 0 unspecified atom stereocenters. The number of azide groups is 1. The molecule has 0 bridgehead atoms. The minimum Gasteiger partial charge on any atom is -0.494 e. The topological polar surface area (TPSA) is 132 Å². The average molecular weight is 571 g/mol. The molecule has 0 fully saturated rings. The number of fused-ring (bicyclic) bond motifs is 1. The van der Waals surface area contributed by atoms with Crippen LogP contribution in [0.1, 0.15) is 24.0 Å². The summed E-state index contributed by atoms with van der Waals surface area (Å²) < 4.78 is 27.0. The number of esters is 1. The Hall–Kier alpha value is -2.37. The van der Waals surface area contributed by atoms with Crippen molar-refractivity contribution in [3.63, 3.8) is 0 Å². The standard InChI is InChI=1S/C24H35BrN4O7/c1-32-23(30)17-20-15-19-3-4-22(36-8-2-5-25)16-21(19)18-29(24(20)31)7-10-34-12-14-35-13-11-33-9-6-27-28-26/h3-4,16,20H,2,5-15,17-18H2,1H3/t20-/m0/s1. The van der Waals surface area contributed by atoms with E-state index in [0.29, 0.717) is 72.3 Å². The van der Waals surface area contributed by atoms with E-state index in [-0.39, 0.29) is 12.3 Å². The van der Waals surface area contributed by atoms with Crippen LogP contribution < -0.4 is 4.74 Å². The summed E-state index contributed by atoms with van der Waals surface area (Å²) in [5.41, 5.74) is 10.2. The van der Waals surface area contributed by atoms with E-state index in [1.54, 1.807) is 4.90 Å². The SMILES string of the molecule is COC(=O)C[C@@H]1Cc2ccc(OCCCBr)cc2CN(CCOCCOCCOCCN=[N+]=[N-])C1=O. The van der Waals surface area contributed by atoms with E-state index in [9.17, 15) is 9.59 Å². The number of ether oxygens (including phenoxy) is 5. The Labute approximate surface area is 220 Å². The molecule has 0 aliphatic carbocycles. The van der Waals surface area contributed by atoms with Crippen LogP contribution in [-0.4, -0.2) is 88.6 Å². The van der Waals surface area contributed by atoms with Gasteiger partial charge in [0.05, 0.1) is 65.7 Å². The maximum Gasteiger partial charge on any atom is 0.306 e. The van der Waals surface area contributed by atoms with Crippen molar-refractivity contribution in [2.45, 2.75) is 25.8 Å². The van der Waals surface area contributed by atoms with Gasteiger partial charge >= 0.3 is 5.97 Å². The van der Waals surface area contributed by atoms with Crippen molar-refractivity contribution in [1.29, 1.82) is 0 Å². The second-order valence-corrected chi connectivity index (χ2v) is 8.85. The molecule has 0 saturated heterocycles. The molecule has 1 aliphatic heterocycles. The Morgan fingerprint density at radius 3 is 2.53 bits per heavy atom. The van der Waals surface area contributed by atoms with Crippen molar-refractivity contribution in [1.82, 2.24) is 4.90 Å².